The Hall–Kier alpha value is -3.28. The summed E-state index contributed by atoms with van der Waals surface area (Å²) >= 11 is 0. The number of benzene rings is 2. The highest BCUT2D eigenvalue weighted by atomic mass is 15.2. The summed E-state index contributed by atoms with van der Waals surface area (Å²) in [5, 5.41) is 6.29. The van der Waals surface area contributed by atoms with Crippen molar-refractivity contribution in [1.82, 2.24) is 19.1 Å². The molecule has 0 aliphatic carbocycles. The third kappa shape index (κ3) is 3.85. The van der Waals surface area contributed by atoms with Crippen LogP contribution >= 0.6 is 0 Å². The minimum atomic E-state index is 0.900. The number of hydrogen-bond acceptors (Lipinski definition) is 4. The van der Waals surface area contributed by atoms with E-state index in [0.29, 0.717) is 0 Å². The van der Waals surface area contributed by atoms with Gasteiger partial charge in [0.25, 0.3) is 0 Å². The number of rotatable bonds is 4. The van der Waals surface area contributed by atoms with E-state index in [1.54, 1.807) is 12.5 Å². The van der Waals surface area contributed by atoms with Gasteiger partial charge in [0.2, 0.25) is 5.95 Å². The number of anilines is 2. The summed E-state index contributed by atoms with van der Waals surface area (Å²) in [7, 11) is 3.93. The number of hydrogen-bond donors (Lipinski definition) is 2. The van der Waals surface area contributed by atoms with Gasteiger partial charge in [0.05, 0.1) is 17.4 Å². The maximum Gasteiger partial charge on any atom is 0.203 e. The van der Waals surface area contributed by atoms with E-state index in [2.05, 4.69) is 38.2 Å². The van der Waals surface area contributed by atoms with E-state index in [1.165, 1.54) is 5.52 Å². The van der Waals surface area contributed by atoms with Crippen molar-refractivity contribution in [3.05, 3.63) is 67.3 Å². The van der Waals surface area contributed by atoms with E-state index in [4.69, 9.17) is 0 Å². The Morgan fingerprint density at radius 2 is 1.81 bits per heavy atom. The maximum absolute atomic E-state index is 4.45. The molecule has 0 fully saturated rings. The first-order chi connectivity index (χ1) is 12.7. The van der Waals surface area contributed by atoms with E-state index in [1.807, 2.05) is 67.3 Å². The third-order valence-electron chi connectivity index (χ3n) is 4.08. The van der Waals surface area contributed by atoms with Gasteiger partial charge in [-0.15, -0.1) is 0 Å². The highest BCUT2D eigenvalue weighted by Crippen LogP contribution is 2.17. The lowest BCUT2D eigenvalue weighted by atomic mass is 10.3. The monoisotopic (exact) mass is 348 g/mol. The smallest absolute Gasteiger partial charge is 0.203 e. The van der Waals surface area contributed by atoms with Crippen LogP contribution in [0, 0.1) is 0 Å². The molecule has 26 heavy (non-hydrogen) atoms. The molecule has 0 unspecified atom stereocenters. The van der Waals surface area contributed by atoms with Gasteiger partial charge in [-0.25, -0.2) is 9.97 Å². The molecule has 0 spiro atoms. The minimum Gasteiger partial charge on any atom is -0.388 e. The molecule has 0 radical (unpaired) electrons. The largest absolute Gasteiger partial charge is 0.388 e. The van der Waals surface area contributed by atoms with Gasteiger partial charge in [-0.2, -0.15) is 0 Å². The fourth-order valence-electron chi connectivity index (χ4n) is 2.67. The predicted molar refractivity (Wildman–Crippen MR) is 108 cm³/mol. The molecule has 4 rings (SSSR count). The van der Waals surface area contributed by atoms with Gasteiger partial charge in [-0.1, -0.05) is 12.1 Å². The van der Waals surface area contributed by atoms with E-state index in [-0.39, 0.29) is 0 Å². The molecule has 2 heterocycles. The second-order valence-corrected chi connectivity index (χ2v) is 5.78. The molecular formula is C20H24N6. The molecule has 0 amide bonds. The molecule has 134 valence electrons. The Labute approximate surface area is 153 Å². The van der Waals surface area contributed by atoms with Crippen molar-refractivity contribution in [2.24, 2.45) is 7.05 Å². The van der Waals surface area contributed by atoms with Crippen molar-refractivity contribution >= 4 is 22.7 Å². The molecule has 6 heteroatoms. The van der Waals surface area contributed by atoms with Crippen LogP contribution in [0.15, 0.2) is 67.3 Å². The van der Waals surface area contributed by atoms with Crippen LogP contribution in [-0.2, 0) is 7.05 Å². The molecule has 0 atom stereocenters. The zero-order valence-corrected chi connectivity index (χ0v) is 15.3. The van der Waals surface area contributed by atoms with Gasteiger partial charge in [-0.05, 0) is 43.3 Å². The zero-order valence-electron chi connectivity index (χ0n) is 15.3. The van der Waals surface area contributed by atoms with Crippen molar-refractivity contribution in [3.63, 3.8) is 0 Å². The number of nitrogens with one attached hydrogen (secondary N) is 2. The summed E-state index contributed by atoms with van der Waals surface area (Å²) in [4.78, 5) is 8.44. The van der Waals surface area contributed by atoms with Crippen LogP contribution in [0.4, 0.5) is 11.6 Å². The first-order valence-corrected chi connectivity index (χ1v) is 8.64. The Balaban J connectivity index is 0.000000151. The molecule has 2 aromatic carbocycles. The van der Waals surface area contributed by atoms with Crippen molar-refractivity contribution in [2.45, 2.75) is 6.92 Å². The maximum atomic E-state index is 4.45. The Bertz CT molecular complexity index is 938. The lowest BCUT2D eigenvalue weighted by molar-refractivity contribution is 0.936. The normalized spacial score (nSPS) is 10.3. The lowest BCUT2D eigenvalue weighted by Gasteiger charge is -2.03. The summed E-state index contributed by atoms with van der Waals surface area (Å²) in [6, 6.07) is 16.3. The molecule has 0 aliphatic rings. The fourth-order valence-corrected chi connectivity index (χ4v) is 2.67. The third-order valence-corrected chi connectivity index (χ3v) is 4.08. The molecular weight excluding hydrogens is 324 g/mol. The van der Waals surface area contributed by atoms with Crippen LogP contribution in [-0.4, -0.2) is 32.7 Å². The van der Waals surface area contributed by atoms with Gasteiger partial charge in [0.1, 0.15) is 0 Å². The second kappa shape index (κ2) is 8.20. The molecule has 0 bridgehead atoms. The summed E-state index contributed by atoms with van der Waals surface area (Å²) in [6.07, 6.45) is 5.48. The van der Waals surface area contributed by atoms with Crippen LogP contribution in [0.2, 0.25) is 0 Å². The molecule has 0 saturated carbocycles. The average Bonchev–Trinajstić information content (AvgIpc) is 3.32. The van der Waals surface area contributed by atoms with Gasteiger partial charge >= 0.3 is 0 Å². The first kappa shape index (κ1) is 17.5. The number of fused-ring (bicyclic) bond motifs is 1. The Kier molecular flexibility index (Phi) is 5.53. The zero-order chi connectivity index (χ0) is 18.4. The molecule has 0 saturated heterocycles. The summed E-state index contributed by atoms with van der Waals surface area (Å²) < 4.78 is 4.04. The predicted octanol–water partition coefficient (Wildman–Crippen LogP) is 3.92. The van der Waals surface area contributed by atoms with Gasteiger partial charge in [-0.3, -0.25) is 0 Å². The lowest BCUT2D eigenvalue weighted by Crippen LogP contribution is -2.03. The number of imidazole rings is 2. The quantitative estimate of drug-likeness (QED) is 0.587. The van der Waals surface area contributed by atoms with Crippen LogP contribution in [0.25, 0.3) is 16.7 Å². The van der Waals surface area contributed by atoms with Gasteiger partial charge in [0.15, 0.2) is 0 Å². The summed E-state index contributed by atoms with van der Waals surface area (Å²) in [5.74, 6) is 0.934. The molecule has 2 aromatic heterocycles. The van der Waals surface area contributed by atoms with E-state index in [0.717, 1.165) is 29.4 Å². The Morgan fingerprint density at radius 1 is 1.04 bits per heavy atom. The Morgan fingerprint density at radius 3 is 2.42 bits per heavy atom. The number of aryl methyl sites for hydroxylation is 1. The first-order valence-electron chi connectivity index (χ1n) is 8.64. The summed E-state index contributed by atoms with van der Waals surface area (Å²) in [5.41, 5.74) is 4.44. The highest BCUT2D eigenvalue weighted by molar-refractivity contribution is 5.78. The number of aromatic nitrogens is 4. The van der Waals surface area contributed by atoms with Crippen LogP contribution in [0.3, 0.4) is 0 Å². The van der Waals surface area contributed by atoms with Crippen molar-refractivity contribution in [3.8, 4) is 5.69 Å². The minimum absolute atomic E-state index is 0.900. The van der Waals surface area contributed by atoms with Gasteiger partial charge in [0, 0.05) is 44.4 Å². The van der Waals surface area contributed by atoms with Crippen molar-refractivity contribution in [2.75, 3.05) is 24.2 Å². The number of para-hydroxylation sites is 2. The van der Waals surface area contributed by atoms with Crippen LogP contribution in [0.1, 0.15) is 6.92 Å². The van der Waals surface area contributed by atoms with Gasteiger partial charge < -0.3 is 19.8 Å². The average molecular weight is 348 g/mol. The topological polar surface area (TPSA) is 59.7 Å². The number of nitrogens with zero attached hydrogens (tertiary/aromatic N) is 4. The second-order valence-electron chi connectivity index (χ2n) is 5.78. The molecule has 2 N–H and O–H groups in total. The van der Waals surface area contributed by atoms with Crippen LogP contribution in [0.5, 0.6) is 0 Å². The standard InChI is InChI=1S/C10H11N3.C10H13N3/c1-11-9-2-4-10(5-3-9)13-7-6-12-8-13;1-3-11-10-12-8-6-4-5-7-9(8)13(10)2/h2-8,11H,1H3;4-7H,3H2,1-2H3,(H,11,12). The molecule has 6 nitrogen and oxygen atoms in total. The molecule has 4 aromatic rings. The van der Waals surface area contributed by atoms with Crippen molar-refractivity contribution < 1.29 is 0 Å². The summed E-state index contributed by atoms with van der Waals surface area (Å²) in [6.45, 7) is 2.97. The highest BCUT2D eigenvalue weighted by Gasteiger charge is 2.04. The fraction of sp³-hybridized carbons (Fsp3) is 0.200. The SMILES string of the molecule is CCNc1nc2ccccc2n1C.CNc1ccc(-n2ccnc2)cc1. The van der Waals surface area contributed by atoms with Crippen molar-refractivity contribution in [1.29, 1.82) is 0 Å². The van der Waals surface area contributed by atoms with E-state index >= 15 is 0 Å². The van der Waals surface area contributed by atoms with E-state index < -0.39 is 0 Å². The van der Waals surface area contributed by atoms with Crippen LogP contribution < -0.4 is 10.6 Å². The van der Waals surface area contributed by atoms with E-state index in [9.17, 15) is 0 Å². The molecule has 0 aliphatic heterocycles.